The molecule has 1 aliphatic heterocycles. The van der Waals surface area contributed by atoms with Gasteiger partial charge in [0.25, 0.3) is 0 Å². The van der Waals surface area contributed by atoms with E-state index in [9.17, 15) is 13.2 Å². The minimum atomic E-state index is -3.53. The summed E-state index contributed by atoms with van der Waals surface area (Å²) in [6.45, 7) is 8.62. The number of amides is 1. The minimum Gasteiger partial charge on any atom is -0.356 e. The number of aromatic nitrogens is 2. The van der Waals surface area contributed by atoms with Crippen LogP contribution in [0.25, 0.3) is 11.0 Å². The summed E-state index contributed by atoms with van der Waals surface area (Å²) in [7, 11) is -1.62. The maximum Gasteiger partial charge on any atom is 0.243 e. The fourth-order valence-corrected chi connectivity index (χ4v) is 6.01. The van der Waals surface area contributed by atoms with Crippen molar-refractivity contribution in [2.24, 2.45) is 7.05 Å². The summed E-state index contributed by atoms with van der Waals surface area (Å²) in [5.74, 6) is 0.810. The molecule has 1 aliphatic rings. The van der Waals surface area contributed by atoms with Gasteiger partial charge in [-0.3, -0.25) is 4.79 Å². The van der Waals surface area contributed by atoms with E-state index in [1.165, 1.54) is 43.1 Å². The highest BCUT2D eigenvalue weighted by atomic mass is 32.2. The molecule has 0 bridgehead atoms. The van der Waals surface area contributed by atoms with E-state index in [-0.39, 0.29) is 10.8 Å². The molecule has 9 heteroatoms. The second-order valence-electron chi connectivity index (χ2n) is 8.79. The number of carbonyl (C=O) groups excluding carboxylic acids is 1. The second-order valence-corrected chi connectivity index (χ2v) is 10.7. The SMILES string of the molecule is CCN(CC)S(=O)(=O)c1ccc2c(c1)nc(CCC(=O)NCCCN1CCCCCC1)n2C. The second kappa shape index (κ2) is 11.9. The largest absolute Gasteiger partial charge is 0.356 e. The lowest BCUT2D eigenvalue weighted by Gasteiger charge is -2.19. The van der Waals surface area contributed by atoms with Crippen molar-refractivity contribution in [1.82, 2.24) is 24.1 Å². The molecular weight excluding hydrogens is 438 g/mol. The Morgan fingerprint density at radius 2 is 1.82 bits per heavy atom. The van der Waals surface area contributed by atoms with Gasteiger partial charge >= 0.3 is 0 Å². The molecule has 3 rings (SSSR count). The third-order valence-electron chi connectivity index (χ3n) is 6.54. The Labute approximate surface area is 198 Å². The molecule has 1 aromatic heterocycles. The molecular formula is C24H39N5O3S. The van der Waals surface area contributed by atoms with Crippen molar-refractivity contribution in [2.45, 2.75) is 63.7 Å². The van der Waals surface area contributed by atoms with Gasteiger partial charge in [-0.05, 0) is 57.1 Å². The number of benzene rings is 1. The molecule has 0 radical (unpaired) electrons. The number of carbonyl (C=O) groups is 1. The van der Waals surface area contributed by atoms with E-state index in [0.29, 0.717) is 38.0 Å². The molecule has 0 saturated carbocycles. The summed E-state index contributed by atoms with van der Waals surface area (Å²) in [5, 5.41) is 3.03. The van der Waals surface area contributed by atoms with Gasteiger partial charge < -0.3 is 14.8 Å². The van der Waals surface area contributed by atoms with E-state index in [2.05, 4.69) is 15.2 Å². The summed E-state index contributed by atoms with van der Waals surface area (Å²) in [6.07, 6.45) is 7.10. The fraction of sp³-hybridized carbons (Fsp3) is 0.667. The van der Waals surface area contributed by atoms with Crippen molar-refractivity contribution in [3.8, 4) is 0 Å². The molecule has 0 aliphatic carbocycles. The molecule has 2 aromatic rings. The first-order valence-corrected chi connectivity index (χ1v) is 13.7. The number of hydrogen-bond donors (Lipinski definition) is 1. The highest BCUT2D eigenvalue weighted by Gasteiger charge is 2.22. The van der Waals surface area contributed by atoms with E-state index >= 15 is 0 Å². The normalized spacial score (nSPS) is 15.8. The average molecular weight is 478 g/mol. The molecule has 1 N–H and O–H groups in total. The lowest BCUT2D eigenvalue weighted by Crippen LogP contribution is -2.30. The van der Waals surface area contributed by atoms with Gasteiger partial charge in [0.1, 0.15) is 5.82 Å². The van der Waals surface area contributed by atoms with Gasteiger partial charge in [0.2, 0.25) is 15.9 Å². The van der Waals surface area contributed by atoms with Crippen LogP contribution in [-0.4, -0.2) is 72.3 Å². The third-order valence-corrected chi connectivity index (χ3v) is 8.58. The highest BCUT2D eigenvalue weighted by Crippen LogP contribution is 2.22. The predicted octanol–water partition coefficient (Wildman–Crippen LogP) is 2.92. The quantitative estimate of drug-likeness (QED) is 0.503. The summed E-state index contributed by atoms with van der Waals surface area (Å²) in [4.78, 5) is 19.7. The Morgan fingerprint density at radius 1 is 1.12 bits per heavy atom. The predicted molar refractivity (Wildman–Crippen MR) is 132 cm³/mol. The molecule has 2 heterocycles. The Bertz CT molecular complexity index is 1020. The van der Waals surface area contributed by atoms with Crippen LogP contribution in [0.15, 0.2) is 23.1 Å². The van der Waals surface area contributed by atoms with Crippen molar-refractivity contribution in [3.05, 3.63) is 24.0 Å². The van der Waals surface area contributed by atoms with Crippen LogP contribution in [0, 0.1) is 0 Å². The van der Waals surface area contributed by atoms with Crippen LogP contribution in [-0.2, 0) is 28.3 Å². The number of aryl methyl sites for hydroxylation is 2. The van der Waals surface area contributed by atoms with Gasteiger partial charge in [-0.25, -0.2) is 13.4 Å². The Hall–Kier alpha value is -1.97. The lowest BCUT2D eigenvalue weighted by atomic mass is 10.2. The first-order chi connectivity index (χ1) is 15.9. The van der Waals surface area contributed by atoms with Gasteiger partial charge in [0.05, 0.1) is 15.9 Å². The van der Waals surface area contributed by atoms with Crippen LogP contribution >= 0.6 is 0 Å². The number of nitrogens with one attached hydrogen (secondary N) is 1. The first-order valence-electron chi connectivity index (χ1n) is 12.3. The first kappa shape index (κ1) is 25.6. The van der Waals surface area contributed by atoms with E-state index < -0.39 is 10.0 Å². The Kier molecular flexibility index (Phi) is 9.28. The summed E-state index contributed by atoms with van der Waals surface area (Å²) in [5.41, 5.74) is 1.50. The average Bonchev–Trinajstić information content (AvgIpc) is 2.95. The molecule has 1 fully saturated rings. The van der Waals surface area contributed by atoms with Crippen molar-refractivity contribution in [1.29, 1.82) is 0 Å². The van der Waals surface area contributed by atoms with Crippen LogP contribution in [0.2, 0.25) is 0 Å². The maximum absolute atomic E-state index is 12.8. The summed E-state index contributed by atoms with van der Waals surface area (Å²) >= 11 is 0. The summed E-state index contributed by atoms with van der Waals surface area (Å²) < 4.78 is 29.0. The van der Waals surface area contributed by atoms with Crippen molar-refractivity contribution >= 4 is 27.0 Å². The van der Waals surface area contributed by atoms with E-state index in [4.69, 9.17) is 0 Å². The van der Waals surface area contributed by atoms with Gasteiger partial charge in [0.15, 0.2) is 0 Å². The number of rotatable bonds is 11. The molecule has 0 atom stereocenters. The zero-order valence-corrected chi connectivity index (χ0v) is 21.2. The van der Waals surface area contributed by atoms with Crippen LogP contribution in [0.1, 0.15) is 58.2 Å². The van der Waals surface area contributed by atoms with Crippen molar-refractivity contribution in [2.75, 3.05) is 39.3 Å². The zero-order chi connectivity index (χ0) is 23.8. The van der Waals surface area contributed by atoms with Crippen LogP contribution in [0.4, 0.5) is 0 Å². The number of nitrogens with zero attached hydrogens (tertiary/aromatic N) is 4. The Morgan fingerprint density at radius 3 is 2.48 bits per heavy atom. The molecule has 8 nitrogen and oxygen atoms in total. The van der Waals surface area contributed by atoms with E-state index in [1.807, 2.05) is 25.5 Å². The van der Waals surface area contributed by atoms with Gasteiger partial charge in [-0.2, -0.15) is 4.31 Å². The molecule has 33 heavy (non-hydrogen) atoms. The smallest absolute Gasteiger partial charge is 0.243 e. The Balaban J connectivity index is 1.53. The molecule has 0 spiro atoms. The molecule has 0 unspecified atom stereocenters. The molecule has 1 amide bonds. The number of imidazole rings is 1. The highest BCUT2D eigenvalue weighted by molar-refractivity contribution is 7.89. The van der Waals surface area contributed by atoms with Crippen molar-refractivity contribution in [3.63, 3.8) is 0 Å². The van der Waals surface area contributed by atoms with Gasteiger partial charge in [-0.15, -0.1) is 0 Å². The van der Waals surface area contributed by atoms with Gasteiger partial charge in [0, 0.05) is 39.5 Å². The maximum atomic E-state index is 12.8. The fourth-order valence-electron chi connectivity index (χ4n) is 4.53. The molecule has 1 saturated heterocycles. The lowest BCUT2D eigenvalue weighted by molar-refractivity contribution is -0.121. The number of likely N-dealkylation sites (tertiary alicyclic amines) is 1. The zero-order valence-electron chi connectivity index (χ0n) is 20.3. The van der Waals surface area contributed by atoms with Crippen molar-refractivity contribution < 1.29 is 13.2 Å². The topological polar surface area (TPSA) is 87.5 Å². The number of fused-ring (bicyclic) bond motifs is 1. The van der Waals surface area contributed by atoms with Crippen LogP contribution < -0.4 is 5.32 Å². The van der Waals surface area contributed by atoms with Crippen LogP contribution in [0.5, 0.6) is 0 Å². The third kappa shape index (κ3) is 6.55. The standard InChI is InChI=1S/C24H39N5O3S/c1-4-29(5-2)33(31,32)20-11-12-22-21(19-20)26-23(27(22)3)13-14-24(30)25-15-10-18-28-16-8-6-7-9-17-28/h11-12,19H,4-10,13-18H2,1-3H3,(H,25,30). The van der Waals surface area contributed by atoms with E-state index in [0.717, 1.165) is 24.3 Å². The minimum absolute atomic E-state index is 0.0303. The molecule has 1 aromatic carbocycles. The number of hydrogen-bond acceptors (Lipinski definition) is 5. The van der Waals surface area contributed by atoms with Gasteiger partial charge in [-0.1, -0.05) is 26.7 Å². The van der Waals surface area contributed by atoms with E-state index in [1.54, 1.807) is 18.2 Å². The molecule has 184 valence electrons. The summed E-state index contributed by atoms with van der Waals surface area (Å²) in [6, 6.07) is 5.07. The monoisotopic (exact) mass is 477 g/mol. The number of sulfonamides is 1. The van der Waals surface area contributed by atoms with Crippen LogP contribution in [0.3, 0.4) is 0 Å².